The molecule has 192 valence electrons. The molecule has 0 saturated heterocycles. The molecule has 0 aromatic heterocycles. The van der Waals surface area contributed by atoms with Crippen LogP contribution >= 0.6 is 11.8 Å². The van der Waals surface area contributed by atoms with Crippen molar-refractivity contribution in [3.8, 4) is 17.2 Å². The average Bonchev–Trinajstić information content (AvgIpc) is 2.92. The molecule has 0 unspecified atom stereocenters. The van der Waals surface area contributed by atoms with Crippen LogP contribution in [0.2, 0.25) is 0 Å². The van der Waals surface area contributed by atoms with Gasteiger partial charge in [-0.05, 0) is 48.5 Å². The summed E-state index contributed by atoms with van der Waals surface area (Å²) in [6.45, 7) is 0. The lowest BCUT2D eigenvalue weighted by atomic mass is 10.1. The first-order valence-corrected chi connectivity index (χ1v) is 12.0. The molecule has 0 heterocycles. The lowest BCUT2D eigenvalue weighted by Gasteiger charge is -2.15. The third kappa shape index (κ3) is 7.52. The predicted molar refractivity (Wildman–Crippen MR) is 143 cm³/mol. The molecule has 3 amide bonds. The highest BCUT2D eigenvalue weighted by atomic mass is 32.2. The topological polar surface area (TPSA) is 129 Å². The van der Waals surface area contributed by atoms with Gasteiger partial charge in [0.1, 0.15) is 11.4 Å². The number of nitrogens with two attached hydrogens (primary N) is 1. The van der Waals surface area contributed by atoms with Crippen molar-refractivity contribution < 1.29 is 28.6 Å². The highest BCUT2D eigenvalue weighted by Crippen LogP contribution is 2.35. The van der Waals surface area contributed by atoms with Crippen LogP contribution in [-0.4, -0.2) is 44.8 Å². The minimum absolute atomic E-state index is 0.0217. The van der Waals surface area contributed by atoms with Crippen LogP contribution in [0.1, 0.15) is 15.9 Å². The van der Waals surface area contributed by atoms with E-state index in [2.05, 4.69) is 10.6 Å². The van der Waals surface area contributed by atoms with Gasteiger partial charge in [0, 0.05) is 27.8 Å². The van der Waals surface area contributed by atoms with E-state index in [0.717, 1.165) is 4.90 Å². The zero-order chi connectivity index (χ0) is 26.8. The van der Waals surface area contributed by atoms with Gasteiger partial charge in [-0.3, -0.25) is 14.4 Å². The summed E-state index contributed by atoms with van der Waals surface area (Å²) in [5.74, 6) is -0.00196. The maximum atomic E-state index is 13.3. The second-order valence-corrected chi connectivity index (χ2v) is 8.61. The zero-order valence-corrected chi connectivity index (χ0v) is 21.4. The summed E-state index contributed by atoms with van der Waals surface area (Å²) < 4.78 is 16.2. The van der Waals surface area contributed by atoms with Gasteiger partial charge in [0.15, 0.2) is 11.5 Å². The molecule has 0 aliphatic rings. The normalized spacial score (nSPS) is 10.8. The molecule has 10 heteroatoms. The van der Waals surface area contributed by atoms with Gasteiger partial charge in [0.05, 0.1) is 27.1 Å². The number of nitrogens with one attached hydrogen (secondary N) is 2. The summed E-state index contributed by atoms with van der Waals surface area (Å²) >= 11 is 1.29. The molecule has 0 bridgehead atoms. The van der Waals surface area contributed by atoms with E-state index in [1.807, 2.05) is 0 Å². The third-order valence-electron chi connectivity index (χ3n) is 5.06. The number of carbonyl (C=O) groups is 3. The Bertz CT molecular complexity index is 1290. The van der Waals surface area contributed by atoms with Crippen molar-refractivity contribution in [1.29, 1.82) is 0 Å². The molecular weight excluding hydrogens is 494 g/mol. The molecule has 37 heavy (non-hydrogen) atoms. The summed E-state index contributed by atoms with van der Waals surface area (Å²) in [7, 11) is 4.48. The van der Waals surface area contributed by atoms with Crippen molar-refractivity contribution in [3.05, 3.63) is 83.6 Å². The van der Waals surface area contributed by atoms with Crippen molar-refractivity contribution in [2.75, 3.05) is 32.4 Å². The Morgan fingerprint density at radius 1 is 0.865 bits per heavy atom. The third-order valence-corrected chi connectivity index (χ3v) is 6.09. The lowest BCUT2D eigenvalue weighted by molar-refractivity contribution is -0.115. The van der Waals surface area contributed by atoms with Crippen LogP contribution in [0.3, 0.4) is 0 Å². The zero-order valence-electron chi connectivity index (χ0n) is 20.6. The number of rotatable bonds is 11. The van der Waals surface area contributed by atoms with Gasteiger partial charge >= 0.3 is 0 Å². The van der Waals surface area contributed by atoms with E-state index in [4.69, 9.17) is 19.9 Å². The van der Waals surface area contributed by atoms with Gasteiger partial charge in [0.25, 0.3) is 11.8 Å². The Kier molecular flexibility index (Phi) is 9.56. The Balaban J connectivity index is 1.94. The first-order valence-electron chi connectivity index (χ1n) is 11.0. The van der Waals surface area contributed by atoms with Crippen molar-refractivity contribution in [2.24, 2.45) is 5.73 Å². The Morgan fingerprint density at radius 3 is 2.08 bits per heavy atom. The molecule has 3 aromatic carbocycles. The number of thioether (sulfide) groups is 1. The quantitative estimate of drug-likeness (QED) is 0.259. The summed E-state index contributed by atoms with van der Waals surface area (Å²) in [6, 6.07) is 18.7. The molecule has 9 nitrogen and oxygen atoms in total. The van der Waals surface area contributed by atoms with Crippen LogP contribution in [0.5, 0.6) is 17.2 Å². The molecule has 0 saturated carbocycles. The van der Waals surface area contributed by atoms with Crippen LogP contribution in [0.15, 0.2) is 77.3 Å². The van der Waals surface area contributed by atoms with Crippen LogP contribution in [0.4, 0.5) is 5.69 Å². The van der Waals surface area contributed by atoms with Gasteiger partial charge in [-0.15, -0.1) is 11.8 Å². The van der Waals surface area contributed by atoms with Gasteiger partial charge in [-0.25, -0.2) is 0 Å². The Morgan fingerprint density at radius 2 is 1.49 bits per heavy atom. The van der Waals surface area contributed by atoms with Crippen LogP contribution in [0, 0.1) is 0 Å². The number of methoxy groups -OCH3 is 3. The van der Waals surface area contributed by atoms with E-state index in [1.54, 1.807) is 66.7 Å². The van der Waals surface area contributed by atoms with Gasteiger partial charge < -0.3 is 30.6 Å². The molecule has 3 aromatic rings. The molecule has 3 rings (SSSR count). The number of benzene rings is 3. The van der Waals surface area contributed by atoms with Gasteiger partial charge in [-0.1, -0.05) is 18.2 Å². The number of carbonyl (C=O) groups excluding carboxylic acids is 3. The number of hydrogen-bond acceptors (Lipinski definition) is 7. The summed E-state index contributed by atoms with van der Waals surface area (Å²) in [5.41, 5.74) is 6.53. The van der Waals surface area contributed by atoms with Gasteiger partial charge in [0.2, 0.25) is 5.91 Å². The minimum atomic E-state index is -0.557. The van der Waals surface area contributed by atoms with Crippen molar-refractivity contribution in [1.82, 2.24) is 5.32 Å². The van der Waals surface area contributed by atoms with E-state index >= 15 is 0 Å². The SMILES string of the molecule is COc1cc(OC)c(OC)cc1/C=C(\NC(=O)c1ccccc1)C(=O)Nc1ccc(SCC(N)=O)cc1. The highest BCUT2D eigenvalue weighted by Gasteiger charge is 2.18. The van der Waals surface area contributed by atoms with Crippen molar-refractivity contribution in [2.45, 2.75) is 4.90 Å². The number of primary amides is 1. The molecule has 0 atom stereocenters. The molecule has 0 radical (unpaired) electrons. The molecule has 0 spiro atoms. The maximum Gasteiger partial charge on any atom is 0.272 e. The number of hydrogen-bond donors (Lipinski definition) is 3. The average molecular weight is 522 g/mol. The Labute approximate surface area is 219 Å². The first kappa shape index (κ1) is 27.2. The maximum absolute atomic E-state index is 13.3. The highest BCUT2D eigenvalue weighted by molar-refractivity contribution is 8.00. The number of amides is 3. The van der Waals surface area contributed by atoms with E-state index in [1.165, 1.54) is 39.2 Å². The standard InChI is InChI=1S/C27H27N3O6S/c1-34-22-15-24(36-3)23(35-2)14-18(22)13-21(30-26(32)17-7-5-4-6-8-17)27(33)29-19-9-11-20(12-10-19)37-16-25(28)31/h4-15H,16H2,1-3H3,(H2,28,31)(H,29,33)(H,30,32)/b21-13-. The van der Waals surface area contributed by atoms with Crippen LogP contribution in [0.25, 0.3) is 6.08 Å². The molecule has 4 N–H and O–H groups in total. The first-order chi connectivity index (χ1) is 17.8. The predicted octanol–water partition coefficient (Wildman–Crippen LogP) is 3.70. The summed E-state index contributed by atoms with van der Waals surface area (Å²) in [5, 5.41) is 5.47. The second kappa shape index (κ2) is 13.0. The number of anilines is 1. The molecular formula is C27H27N3O6S. The monoisotopic (exact) mass is 521 g/mol. The number of ether oxygens (including phenoxy) is 3. The Hall–Kier alpha value is -4.44. The van der Waals surface area contributed by atoms with E-state index in [9.17, 15) is 14.4 Å². The summed E-state index contributed by atoms with van der Waals surface area (Å²) in [4.78, 5) is 38.0. The van der Waals surface area contributed by atoms with Gasteiger partial charge in [-0.2, -0.15) is 0 Å². The molecule has 0 aliphatic carbocycles. The molecule has 0 fully saturated rings. The van der Waals surface area contributed by atoms with Crippen molar-refractivity contribution in [3.63, 3.8) is 0 Å². The summed E-state index contributed by atoms with van der Waals surface area (Å²) in [6.07, 6.45) is 1.49. The van der Waals surface area contributed by atoms with E-state index < -0.39 is 17.7 Å². The minimum Gasteiger partial charge on any atom is -0.496 e. The van der Waals surface area contributed by atoms with E-state index in [-0.39, 0.29) is 11.4 Å². The van der Waals surface area contributed by atoms with Crippen LogP contribution < -0.4 is 30.6 Å². The second-order valence-electron chi connectivity index (χ2n) is 7.56. The van der Waals surface area contributed by atoms with Crippen molar-refractivity contribution >= 4 is 41.2 Å². The van der Waals surface area contributed by atoms with E-state index in [0.29, 0.717) is 34.1 Å². The fourth-order valence-electron chi connectivity index (χ4n) is 3.25. The fourth-order valence-corrected chi connectivity index (χ4v) is 3.89. The molecule has 0 aliphatic heterocycles. The smallest absolute Gasteiger partial charge is 0.272 e. The van der Waals surface area contributed by atoms with Crippen LogP contribution in [-0.2, 0) is 9.59 Å². The fraction of sp³-hybridized carbons (Fsp3) is 0.148. The lowest BCUT2D eigenvalue weighted by Crippen LogP contribution is -2.30. The largest absolute Gasteiger partial charge is 0.496 e.